The van der Waals surface area contributed by atoms with Gasteiger partial charge in [0, 0.05) is 55.4 Å². The fourth-order valence-corrected chi connectivity index (χ4v) is 6.82. The molecule has 18 nitrogen and oxygen atoms in total. The Labute approximate surface area is 346 Å². The minimum Gasteiger partial charge on any atom is -0.352 e. The summed E-state index contributed by atoms with van der Waals surface area (Å²) in [6.45, 7) is 13.7. The molecule has 58 heavy (non-hydrogen) atoms. The molecule has 1 aliphatic heterocycles. The molecule has 332 valence electrons. The summed E-state index contributed by atoms with van der Waals surface area (Å²) in [4.78, 5) is 117. The Morgan fingerprint density at radius 3 is 0.966 bits per heavy atom. The predicted octanol–water partition coefficient (Wildman–Crippen LogP) is -0.704. The molecule has 0 aromatic carbocycles. The Morgan fingerprint density at radius 1 is 0.448 bits per heavy atom. The fourth-order valence-electron chi connectivity index (χ4n) is 6.82. The molecule has 1 rings (SSSR count). The lowest BCUT2D eigenvalue weighted by atomic mass is 10.00. The van der Waals surface area contributed by atoms with Gasteiger partial charge in [-0.05, 0) is 49.4 Å². The minimum absolute atomic E-state index is 0.0243. The van der Waals surface area contributed by atoms with Gasteiger partial charge in [-0.25, -0.2) is 0 Å². The van der Waals surface area contributed by atoms with Crippen molar-refractivity contribution < 1.29 is 38.4 Å². The minimum atomic E-state index is -1.25. The van der Waals surface area contributed by atoms with Crippen LogP contribution in [0, 0.1) is 23.7 Å². The Hall–Kier alpha value is -4.32. The molecule has 0 aromatic rings. The average Bonchev–Trinajstić information content (AvgIpc) is 3.14. The molecule has 0 bridgehead atoms. The molecule has 0 unspecified atom stereocenters. The molecular formula is C40H74N10O8. The molecule has 0 aromatic heterocycles. The van der Waals surface area contributed by atoms with E-state index in [4.69, 9.17) is 11.5 Å². The van der Waals surface area contributed by atoms with Gasteiger partial charge < -0.3 is 51.5 Å². The van der Waals surface area contributed by atoms with Gasteiger partial charge in [0.1, 0.15) is 36.3 Å². The standard InChI is InChI=1S/C40H74N10O8/c1-23(2)15-29-35(53)43-19-27(41)37(55)49(13)32(18-26(7)8)40(58)46(10)22-34(52)48(12)30(16-24(3)4)36(54)44-20-28(42)38(56)50(14)31(17-25(5)6)39(57)45(9)21-33(51)47(29)11/h23-32H,15-22,41-42H2,1-14H3,(H,43,53)(H,44,54)/t27-,28-,29-,30-,31-,32-/m0/s1. The van der Waals surface area contributed by atoms with E-state index in [2.05, 4.69) is 10.6 Å². The van der Waals surface area contributed by atoms with Crippen LogP contribution in [-0.2, 0) is 38.4 Å². The highest BCUT2D eigenvalue weighted by Crippen LogP contribution is 2.18. The number of amides is 8. The number of rotatable bonds is 8. The maximum absolute atomic E-state index is 13.9. The number of nitrogens with two attached hydrogens (primary N) is 2. The van der Waals surface area contributed by atoms with Gasteiger partial charge in [-0.3, -0.25) is 38.4 Å². The summed E-state index contributed by atoms with van der Waals surface area (Å²) in [6, 6.07) is -6.45. The largest absolute Gasteiger partial charge is 0.352 e. The lowest BCUT2D eigenvalue weighted by Gasteiger charge is -2.35. The number of likely N-dealkylation sites (N-methyl/N-ethyl adjacent to an activating group) is 6. The molecule has 1 heterocycles. The highest BCUT2D eigenvalue weighted by molar-refractivity contribution is 5.95. The van der Waals surface area contributed by atoms with Crippen molar-refractivity contribution in [2.75, 3.05) is 68.5 Å². The van der Waals surface area contributed by atoms with Gasteiger partial charge in [0.2, 0.25) is 47.3 Å². The number of nitrogens with one attached hydrogen (secondary N) is 2. The summed E-state index contributed by atoms with van der Waals surface area (Å²) >= 11 is 0. The van der Waals surface area contributed by atoms with Crippen LogP contribution < -0.4 is 22.1 Å². The van der Waals surface area contributed by atoms with Crippen LogP contribution in [-0.4, -0.2) is 181 Å². The second-order valence-electron chi connectivity index (χ2n) is 17.6. The lowest BCUT2D eigenvalue weighted by Crippen LogP contribution is -2.59. The van der Waals surface area contributed by atoms with Crippen molar-refractivity contribution in [1.29, 1.82) is 0 Å². The number of carbonyl (C=O) groups is 8. The van der Waals surface area contributed by atoms with Gasteiger partial charge in [-0.15, -0.1) is 0 Å². The topological polar surface area (TPSA) is 232 Å². The number of hydrogen-bond donors (Lipinski definition) is 4. The van der Waals surface area contributed by atoms with Crippen molar-refractivity contribution >= 4 is 47.3 Å². The first kappa shape index (κ1) is 51.7. The molecular weight excluding hydrogens is 749 g/mol. The molecule has 1 aliphatic rings. The quantitative estimate of drug-likeness (QED) is 0.241. The normalized spacial score (nSPS) is 25.9. The van der Waals surface area contributed by atoms with Crippen molar-refractivity contribution in [2.24, 2.45) is 35.1 Å². The van der Waals surface area contributed by atoms with Crippen molar-refractivity contribution in [3.8, 4) is 0 Å². The second-order valence-corrected chi connectivity index (χ2v) is 17.6. The summed E-state index contributed by atoms with van der Waals surface area (Å²) in [5.41, 5.74) is 12.6. The van der Waals surface area contributed by atoms with Crippen LogP contribution in [0.5, 0.6) is 0 Å². The molecule has 0 saturated carbocycles. The van der Waals surface area contributed by atoms with E-state index in [0.29, 0.717) is 0 Å². The summed E-state index contributed by atoms with van der Waals surface area (Å²) in [5, 5.41) is 5.40. The lowest BCUT2D eigenvalue weighted by molar-refractivity contribution is -0.149. The van der Waals surface area contributed by atoms with E-state index in [-0.39, 0.29) is 62.4 Å². The molecule has 0 spiro atoms. The third kappa shape index (κ3) is 15.1. The summed E-state index contributed by atoms with van der Waals surface area (Å²) in [7, 11) is 8.69. The SMILES string of the molecule is CC(C)C[C@H]1C(=O)NC[C@H](N)C(=O)N(C)[C@@H](CC(C)C)C(=O)N(C)CC(=O)N(C)[C@@H](CC(C)C)C(=O)NC[C@H](N)C(=O)N(C)[C@@H](CC(C)C)C(=O)N(C)CC(=O)N1C. The van der Waals surface area contributed by atoms with Gasteiger partial charge in [-0.2, -0.15) is 0 Å². The first-order valence-electron chi connectivity index (χ1n) is 20.3. The van der Waals surface area contributed by atoms with Crippen LogP contribution in [0.25, 0.3) is 0 Å². The van der Waals surface area contributed by atoms with Crippen LogP contribution in [0.4, 0.5) is 0 Å². The molecule has 0 aliphatic carbocycles. The predicted molar refractivity (Wildman–Crippen MR) is 221 cm³/mol. The van der Waals surface area contributed by atoms with Gasteiger partial charge in [0.25, 0.3) is 0 Å². The second kappa shape index (κ2) is 23.3. The van der Waals surface area contributed by atoms with Crippen LogP contribution in [0.2, 0.25) is 0 Å². The molecule has 1 saturated heterocycles. The molecule has 0 radical (unpaired) electrons. The van der Waals surface area contributed by atoms with Crippen LogP contribution >= 0.6 is 0 Å². The smallest absolute Gasteiger partial charge is 0.245 e. The highest BCUT2D eigenvalue weighted by Gasteiger charge is 2.38. The number of hydrogen-bond acceptors (Lipinski definition) is 10. The first-order valence-corrected chi connectivity index (χ1v) is 20.3. The Kier molecular flexibility index (Phi) is 20.8. The monoisotopic (exact) mass is 823 g/mol. The first-order chi connectivity index (χ1) is 26.7. The summed E-state index contributed by atoms with van der Waals surface area (Å²) in [5.74, 6) is -4.56. The van der Waals surface area contributed by atoms with Gasteiger partial charge >= 0.3 is 0 Å². The Morgan fingerprint density at radius 2 is 0.707 bits per heavy atom. The molecule has 6 N–H and O–H groups in total. The van der Waals surface area contributed by atoms with E-state index in [1.165, 1.54) is 71.7 Å². The number of nitrogens with zero attached hydrogens (tertiary/aromatic N) is 6. The van der Waals surface area contributed by atoms with Crippen molar-refractivity contribution in [2.45, 2.75) is 117 Å². The zero-order chi connectivity index (χ0) is 44.9. The molecule has 18 heteroatoms. The van der Waals surface area contributed by atoms with E-state index in [1.54, 1.807) is 0 Å². The van der Waals surface area contributed by atoms with Crippen LogP contribution in [0.1, 0.15) is 81.1 Å². The van der Waals surface area contributed by atoms with Crippen LogP contribution in [0.3, 0.4) is 0 Å². The average molecular weight is 823 g/mol. The Balaban J connectivity index is 3.72. The zero-order valence-electron chi connectivity index (χ0n) is 37.5. The summed E-state index contributed by atoms with van der Waals surface area (Å²) in [6.07, 6.45) is 1.03. The number of carbonyl (C=O) groups excluding carboxylic acids is 8. The van der Waals surface area contributed by atoms with E-state index < -0.39 is 96.6 Å². The molecule has 1 fully saturated rings. The van der Waals surface area contributed by atoms with Crippen molar-refractivity contribution in [3.63, 3.8) is 0 Å². The third-order valence-electron chi connectivity index (χ3n) is 10.4. The van der Waals surface area contributed by atoms with Gasteiger partial charge in [0.15, 0.2) is 0 Å². The van der Waals surface area contributed by atoms with E-state index in [1.807, 2.05) is 55.4 Å². The molecule has 6 atom stereocenters. The van der Waals surface area contributed by atoms with E-state index >= 15 is 0 Å². The maximum Gasteiger partial charge on any atom is 0.245 e. The van der Waals surface area contributed by atoms with E-state index in [9.17, 15) is 38.4 Å². The molecule has 8 amide bonds. The van der Waals surface area contributed by atoms with Crippen molar-refractivity contribution in [1.82, 2.24) is 40.0 Å². The summed E-state index contributed by atoms with van der Waals surface area (Å²) < 4.78 is 0. The highest BCUT2D eigenvalue weighted by atomic mass is 16.2. The fraction of sp³-hybridized carbons (Fsp3) is 0.800. The van der Waals surface area contributed by atoms with Gasteiger partial charge in [0.05, 0.1) is 13.1 Å². The maximum atomic E-state index is 13.9. The van der Waals surface area contributed by atoms with Crippen LogP contribution in [0.15, 0.2) is 0 Å². The van der Waals surface area contributed by atoms with E-state index in [0.717, 1.165) is 0 Å². The zero-order valence-corrected chi connectivity index (χ0v) is 37.5. The van der Waals surface area contributed by atoms with Gasteiger partial charge in [-0.1, -0.05) is 55.4 Å². The Bertz CT molecular complexity index is 1350. The third-order valence-corrected chi connectivity index (χ3v) is 10.4. The van der Waals surface area contributed by atoms with Crippen molar-refractivity contribution in [3.05, 3.63) is 0 Å².